The van der Waals surface area contributed by atoms with Gasteiger partial charge in [0, 0.05) is 18.6 Å². The Bertz CT molecular complexity index is 516. The number of aromatic carboxylic acids is 1. The van der Waals surface area contributed by atoms with Gasteiger partial charge in [0.1, 0.15) is 0 Å². The number of unbranched alkanes of at least 4 members (excludes halogenated alkanes) is 1. The topological polar surface area (TPSA) is 111 Å². The van der Waals surface area contributed by atoms with E-state index in [1.54, 1.807) is 0 Å². The summed E-state index contributed by atoms with van der Waals surface area (Å²) in [5.41, 5.74) is 5.48. The Balaban J connectivity index is 2.98. The Morgan fingerprint density at radius 2 is 1.81 bits per heavy atom. The molecule has 7 heteroatoms. The van der Waals surface area contributed by atoms with Crippen LogP contribution < -0.4 is 20.5 Å². The third-order valence-corrected chi connectivity index (χ3v) is 2.89. The minimum Gasteiger partial charge on any atom is -0.493 e. The van der Waals surface area contributed by atoms with Gasteiger partial charge < -0.3 is 25.6 Å². The van der Waals surface area contributed by atoms with Crippen LogP contribution in [0.4, 0.5) is 5.69 Å². The lowest BCUT2D eigenvalue weighted by molar-refractivity contribution is -0.116. The van der Waals surface area contributed by atoms with Crippen molar-refractivity contribution in [3.8, 4) is 11.5 Å². The van der Waals surface area contributed by atoms with Gasteiger partial charge in [0.05, 0.1) is 25.5 Å². The van der Waals surface area contributed by atoms with Crippen LogP contribution in [0.5, 0.6) is 11.5 Å². The fraction of sp³-hybridized carbons (Fsp3) is 0.429. The van der Waals surface area contributed by atoms with Crippen LogP contribution in [0, 0.1) is 0 Å². The number of benzene rings is 1. The number of ether oxygens (including phenoxy) is 2. The number of anilines is 1. The van der Waals surface area contributed by atoms with E-state index >= 15 is 0 Å². The number of amides is 1. The fourth-order valence-corrected chi connectivity index (χ4v) is 1.80. The molecule has 1 aromatic carbocycles. The molecule has 0 fully saturated rings. The predicted octanol–water partition coefficient (Wildman–Crippen LogP) is 1.47. The Labute approximate surface area is 123 Å². The highest BCUT2D eigenvalue weighted by Gasteiger charge is 2.17. The molecule has 0 unspecified atom stereocenters. The highest BCUT2D eigenvalue weighted by Crippen LogP contribution is 2.33. The van der Waals surface area contributed by atoms with Crippen LogP contribution in [0.25, 0.3) is 0 Å². The second-order valence-corrected chi connectivity index (χ2v) is 4.35. The van der Waals surface area contributed by atoms with E-state index in [0.717, 1.165) is 6.42 Å². The summed E-state index contributed by atoms with van der Waals surface area (Å²) >= 11 is 0. The van der Waals surface area contributed by atoms with Gasteiger partial charge in [-0.3, -0.25) is 4.79 Å². The summed E-state index contributed by atoms with van der Waals surface area (Å²) in [7, 11) is 2.85. The van der Waals surface area contributed by atoms with Crippen LogP contribution in [0.3, 0.4) is 0 Å². The maximum Gasteiger partial charge on any atom is 0.337 e. The summed E-state index contributed by atoms with van der Waals surface area (Å²) in [4.78, 5) is 23.1. The van der Waals surface area contributed by atoms with Crippen molar-refractivity contribution in [2.45, 2.75) is 19.3 Å². The first-order valence-electron chi connectivity index (χ1n) is 6.52. The first kappa shape index (κ1) is 16.8. The van der Waals surface area contributed by atoms with Crippen LogP contribution >= 0.6 is 0 Å². The highest BCUT2D eigenvalue weighted by molar-refractivity contribution is 6.01. The van der Waals surface area contributed by atoms with E-state index in [2.05, 4.69) is 5.32 Å². The van der Waals surface area contributed by atoms with Crippen LogP contribution in [0.1, 0.15) is 29.6 Å². The number of methoxy groups -OCH3 is 2. The first-order chi connectivity index (χ1) is 10.0. The Morgan fingerprint density at radius 1 is 1.19 bits per heavy atom. The molecule has 0 bridgehead atoms. The summed E-state index contributed by atoms with van der Waals surface area (Å²) in [5.74, 6) is -0.790. The maximum absolute atomic E-state index is 11.8. The molecule has 1 rings (SSSR count). The molecule has 0 aliphatic heterocycles. The van der Waals surface area contributed by atoms with Gasteiger partial charge in [0.15, 0.2) is 11.5 Å². The number of carbonyl (C=O) groups is 2. The van der Waals surface area contributed by atoms with Gasteiger partial charge in [-0.2, -0.15) is 0 Å². The molecule has 0 aromatic heterocycles. The van der Waals surface area contributed by atoms with E-state index in [1.807, 2.05) is 0 Å². The third-order valence-electron chi connectivity index (χ3n) is 2.89. The molecule has 0 aliphatic rings. The van der Waals surface area contributed by atoms with Gasteiger partial charge >= 0.3 is 5.97 Å². The van der Waals surface area contributed by atoms with E-state index in [1.165, 1.54) is 26.4 Å². The van der Waals surface area contributed by atoms with E-state index < -0.39 is 5.97 Å². The monoisotopic (exact) mass is 296 g/mol. The molecule has 0 atom stereocenters. The largest absolute Gasteiger partial charge is 0.493 e. The molecule has 0 saturated carbocycles. The predicted molar refractivity (Wildman–Crippen MR) is 78.0 cm³/mol. The summed E-state index contributed by atoms with van der Waals surface area (Å²) in [6.45, 7) is 0.518. The van der Waals surface area contributed by atoms with Crippen molar-refractivity contribution in [3.63, 3.8) is 0 Å². The molecular weight excluding hydrogens is 276 g/mol. The van der Waals surface area contributed by atoms with Crippen LogP contribution in [0.2, 0.25) is 0 Å². The molecule has 1 aromatic rings. The van der Waals surface area contributed by atoms with Crippen molar-refractivity contribution in [3.05, 3.63) is 17.7 Å². The molecule has 0 aliphatic carbocycles. The number of nitrogens with two attached hydrogens (primary N) is 1. The molecule has 7 nitrogen and oxygen atoms in total. The minimum absolute atomic E-state index is 0.0557. The Morgan fingerprint density at radius 3 is 2.33 bits per heavy atom. The van der Waals surface area contributed by atoms with Crippen LogP contribution in [0.15, 0.2) is 12.1 Å². The van der Waals surface area contributed by atoms with Crippen molar-refractivity contribution in [2.24, 2.45) is 5.73 Å². The van der Waals surface area contributed by atoms with Gasteiger partial charge in [0.25, 0.3) is 0 Å². The van der Waals surface area contributed by atoms with Crippen molar-refractivity contribution >= 4 is 17.6 Å². The molecular formula is C14H20N2O5. The first-order valence-corrected chi connectivity index (χ1v) is 6.52. The molecule has 0 saturated heterocycles. The molecule has 0 spiro atoms. The van der Waals surface area contributed by atoms with Gasteiger partial charge in [0.2, 0.25) is 5.91 Å². The lowest BCUT2D eigenvalue weighted by Gasteiger charge is -2.13. The molecule has 0 heterocycles. The molecule has 21 heavy (non-hydrogen) atoms. The average molecular weight is 296 g/mol. The Kier molecular flexibility index (Phi) is 6.48. The number of carboxylic acids is 1. The molecule has 116 valence electrons. The zero-order valence-electron chi connectivity index (χ0n) is 12.1. The number of carbonyl (C=O) groups excluding carboxylic acids is 1. The Hall–Kier alpha value is -2.28. The lowest BCUT2D eigenvalue weighted by atomic mass is 10.1. The van der Waals surface area contributed by atoms with Crippen molar-refractivity contribution in [1.82, 2.24) is 0 Å². The fourth-order valence-electron chi connectivity index (χ4n) is 1.80. The van der Waals surface area contributed by atoms with E-state index in [4.69, 9.17) is 15.2 Å². The van der Waals surface area contributed by atoms with Gasteiger partial charge in [-0.25, -0.2) is 4.79 Å². The van der Waals surface area contributed by atoms with E-state index in [-0.39, 0.29) is 29.3 Å². The zero-order valence-corrected chi connectivity index (χ0v) is 12.1. The number of carboxylic acid groups (broad SMARTS) is 1. The average Bonchev–Trinajstić information content (AvgIpc) is 2.46. The number of rotatable bonds is 8. The van der Waals surface area contributed by atoms with E-state index in [9.17, 15) is 14.7 Å². The minimum atomic E-state index is -1.16. The number of nitrogens with one attached hydrogen (secondary N) is 1. The van der Waals surface area contributed by atoms with Gasteiger partial charge in [-0.15, -0.1) is 0 Å². The zero-order chi connectivity index (χ0) is 15.8. The van der Waals surface area contributed by atoms with Crippen LogP contribution in [-0.4, -0.2) is 37.7 Å². The highest BCUT2D eigenvalue weighted by atomic mass is 16.5. The number of hydrogen-bond acceptors (Lipinski definition) is 5. The number of hydrogen-bond donors (Lipinski definition) is 3. The van der Waals surface area contributed by atoms with Crippen molar-refractivity contribution < 1.29 is 24.2 Å². The summed E-state index contributed by atoms with van der Waals surface area (Å²) in [6, 6.07) is 2.75. The smallest absolute Gasteiger partial charge is 0.337 e. The SMILES string of the molecule is COc1cc(NC(=O)CCCCN)c(C(=O)O)cc1OC. The third kappa shape index (κ3) is 4.64. The molecule has 0 radical (unpaired) electrons. The summed E-state index contributed by atoms with van der Waals surface area (Å²) < 4.78 is 10.2. The lowest BCUT2D eigenvalue weighted by Crippen LogP contribution is -2.15. The summed E-state index contributed by atoms with van der Waals surface area (Å²) in [5, 5.41) is 11.8. The maximum atomic E-state index is 11.8. The van der Waals surface area contributed by atoms with Crippen molar-refractivity contribution in [1.29, 1.82) is 0 Å². The quantitative estimate of drug-likeness (QED) is 0.626. The second-order valence-electron chi connectivity index (χ2n) is 4.35. The van der Waals surface area contributed by atoms with Crippen molar-refractivity contribution in [2.75, 3.05) is 26.1 Å². The van der Waals surface area contributed by atoms with Gasteiger partial charge in [-0.05, 0) is 19.4 Å². The normalized spacial score (nSPS) is 10.0. The summed E-state index contributed by atoms with van der Waals surface area (Å²) in [6.07, 6.45) is 1.67. The van der Waals surface area contributed by atoms with E-state index in [0.29, 0.717) is 18.7 Å². The van der Waals surface area contributed by atoms with Gasteiger partial charge in [-0.1, -0.05) is 0 Å². The van der Waals surface area contributed by atoms with Crippen LogP contribution in [-0.2, 0) is 4.79 Å². The molecule has 1 amide bonds. The second kappa shape index (κ2) is 8.11. The standard InChI is InChI=1S/C14H20N2O5/c1-20-11-7-9(14(18)19)10(8-12(11)21-2)16-13(17)5-3-4-6-15/h7-8H,3-6,15H2,1-2H3,(H,16,17)(H,18,19). The molecule has 4 N–H and O–H groups in total.